The molecule has 2 heterocycles. The summed E-state index contributed by atoms with van der Waals surface area (Å²) in [6.07, 6.45) is 0.827. The molecule has 0 aromatic heterocycles. The lowest BCUT2D eigenvalue weighted by Crippen LogP contribution is -2.48. The zero-order valence-corrected chi connectivity index (χ0v) is 21.2. The first-order chi connectivity index (χ1) is 16.8. The van der Waals surface area contributed by atoms with Gasteiger partial charge in [-0.2, -0.15) is 0 Å². The maximum atomic E-state index is 13.0. The van der Waals surface area contributed by atoms with Gasteiger partial charge in [0.15, 0.2) is 0 Å². The van der Waals surface area contributed by atoms with Crippen molar-refractivity contribution in [1.82, 2.24) is 15.1 Å². The second kappa shape index (κ2) is 11.4. The van der Waals surface area contributed by atoms with Gasteiger partial charge in [-0.3, -0.25) is 9.69 Å². The van der Waals surface area contributed by atoms with E-state index in [2.05, 4.69) is 15.1 Å². The minimum atomic E-state index is -0.909. The van der Waals surface area contributed by atoms with Gasteiger partial charge < -0.3 is 25.0 Å². The number of methoxy groups -OCH3 is 1. The van der Waals surface area contributed by atoms with E-state index in [4.69, 9.17) is 27.9 Å². The fourth-order valence-corrected chi connectivity index (χ4v) is 4.94. The molecule has 2 saturated heterocycles. The molecule has 4 rings (SSSR count). The van der Waals surface area contributed by atoms with E-state index >= 15 is 0 Å². The van der Waals surface area contributed by atoms with E-state index in [9.17, 15) is 14.7 Å². The Morgan fingerprint density at radius 2 is 1.71 bits per heavy atom. The highest BCUT2D eigenvalue weighted by Crippen LogP contribution is 2.30. The molecule has 0 atom stereocenters. The average molecular weight is 521 g/mol. The first-order valence-corrected chi connectivity index (χ1v) is 12.5. The Bertz CT molecular complexity index is 1070. The number of benzene rings is 2. The van der Waals surface area contributed by atoms with Gasteiger partial charge in [-0.1, -0.05) is 29.3 Å². The quantitative estimate of drug-likeness (QED) is 0.593. The molecule has 2 aromatic carbocycles. The summed E-state index contributed by atoms with van der Waals surface area (Å²) in [5, 5.41) is 13.5. The van der Waals surface area contributed by atoms with Crippen LogP contribution in [-0.2, 0) is 6.54 Å². The number of nitrogens with zero attached hydrogens (tertiary/aromatic N) is 3. The number of piperidine rings is 1. The summed E-state index contributed by atoms with van der Waals surface area (Å²) in [6.45, 7) is 4.48. The minimum Gasteiger partial charge on any atom is -0.495 e. The van der Waals surface area contributed by atoms with Gasteiger partial charge in [0.1, 0.15) is 5.75 Å². The molecule has 2 fully saturated rings. The summed E-state index contributed by atoms with van der Waals surface area (Å²) < 4.78 is 5.51. The predicted octanol–water partition coefficient (Wildman–Crippen LogP) is 4.20. The molecule has 2 aromatic rings. The van der Waals surface area contributed by atoms with Gasteiger partial charge in [0.2, 0.25) is 0 Å². The first kappa shape index (κ1) is 25.4. The molecule has 0 aliphatic carbocycles. The van der Waals surface area contributed by atoms with Crippen LogP contribution in [0.25, 0.3) is 0 Å². The topological polar surface area (TPSA) is 85.4 Å². The maximum Gasteiger partial charge on any atom is 0.407 e. The molecule has 2 N–H and O–H groups in total. The van der Waals surface area contributed by atoms with Crippen LogP contribution in [0, 0.1) is 0 Å². The number of carbonyl (C=O) groups excluding carboxylic acids is 1. The summed E-state index contributed by atoms with van der Waals surface area (Å²) >= 11 is 12.1. The van der Waals surface area contributed by atoms with Gasteiger partial charge in [0.05, 0.1) is 22.8 Å². The Hall–Kier alpha value is -2.68. The van der Waals surface area contributed by atoms with Crippen LogP contribution in [0.2, 0.25) is 10.0 Å². The summed E-state index contributed by atoms with van der Waals surface area (Å²) in [5.41, 5.74) is 2.50. The minimum absolute atomic E-state index is 0.109. The summed E-state index contributed by atoms with van der Waals surface area (Å²) in [6, 6.07) is 11.2. The van der Waals surface area contributed by atoms with Crippen molar-refractivity contribution < 1.29 is 19.4 Å². The van der Waals surface area contributed by atoms with E-state index in [-0.39, 0.29) is 11.9 Å². The number of halogens is 2. The number of hydrogen-bond donors (Lipinski definition) is 2. The Kier molecular flexibility index (Phi) is 8.26. The van der Waals surface area contributed by atoms with Gasteiger partial charge in [0.25, 0.3) is 5.91 Å². The van der Waals surface area contributed by atoms with Crippen LogP contribution in [0.3, 0.4) is 0 Å². The van der Waals surface area contributed by atoms with Gasteiger partial charge in [0, 0.05) is 57.4 Å². The number of rotatable bonds is 6. The van der Waals surface area contributed by atoms with Crippen LogP contribution in [0.1, 0.15) is 28.8 Å². The lowest BCUT2D eigenvalue weighted by molar-refractivity contribution is 0.0909. The Labute approximate surface area is 215 Å². The highest BCUT2D eigenvalue weighted by atomic mass is 35.5. The third-order valence-corrected chi connectivity index (χ3v) is 7.38. The summed E-state index contributed by atoms with van der Waals surface area (Å²) in [7, 11) is 1.60. The molecule has 2 aliphatic rings. The van der Waals surface area contributed by atoms with Crippen molar-refractivity contribution in [2.45, 2.75) is 25.4 Å². The zero-order chi connectivity index (χ0) is 24.9. The highest BCUT2D eigenvalue weighted by molar-refractivity contribution is 6.42. The van der Waals surface area contributed by atoms with E-state index in [1.165, 1.54) is 4.90 Å². The van der Waals surface area contributed by atoms with Crippen molar-refractivity contribution in [1.29, 1.82) is 0 Å². The fraction of sp³-hybridized carbons (Fsp3) is 0.440. The van der Waals surface area contributed by atoms with E-state index in [0.717, 1.165) is 43.7 Å². The van der Waals surface area contributed by atoms with Gasteiger partial charge in [-0.25, -0.2) is 4.79 Å². The number of amides is 2. The number of piperazine rings is 1. The molecule has 0 unspecified atom stereocenters. The standard InChI is InChI=1S/C25H30Cl2N4O4/c1-35-23-5-3-18(15-22(23)30-10-12-31(13-11-30)25(33)34)24(32)28-19-6-8-29(9-7-19)16-17-2-4-20(26)21(27)14-17/h2-5,14-15,19H,6-13,16H2,1H3,(H,28,32)(H,33,34). The first-order valence-electron chi connectivity index (χ1n) is 11.7. The number of anilines is 1. The van der Waals surface area contributed by atoms with Crippen LogP contribution in [-0.4, -0.2) is 79.3 Å². The number of likely N-dealkylation sites (tertiary alicyclic amines) is 1. The zero-order valence-electron chi connectivity index (χ0n) is 19.7. The van der Waals surface area contributed by atoms with Gasteiger partial charge in [-0.05, 0) is 48.7 Å². The second-order valence-corrected chi connectivity index (χ2v) is 9.73. The highest BCUT2D eigenvalue weighted by Gasteiger charge is 2.25. The molecule has 0 bridgehead atoms. The van der Waals surface area contributed by atoms with Crippen molar-refractivity contribution >= 4 is 40.9 Å². The van der Waals surface area contributed by atoms with Crippen LogP contribution >= 0.6 is 23.2 Å². The molecule has 8 nitrogen and oxygen atoms in total. The van der Waals surface area contributed by atoms with Crippen LogP contribution in [0.4, 0.5) is 10.5 Å². The molecule has 0 saturated carbocycles. The van der Waals surface area contributed by atoms with E-state index in [1.807, 2.05) is 24.3 Å². The molecular weight excluding hydrogens is 491 g/mol. The average Bonchev–Trinajstić information content (AvgIpc) is 2.87. The van der Waals surface area contributed by atoms with Crippen molar-refractivity contribution in [3.63, 3.8) is 0 Å². The van der Waals surface area contributed by atoms with E-state index in [1.54, 1.807) is 19.2 Å². The van der Waals surface area contributed by atoms with Crippen LogP contribution < -0.4 is 15.0 Å². The smallest absolute Gasteiger partial charge is 0.407 e. The largest absolute Gasteiger partial charge is 0.495 e. The molecular formula is C25H30Cl2N4O4. The molecule has 2 amide bonds. The van der Waals surface area contributed by atoms with E-state index in [0.29, 0.717) is 47.5 Å². The normalized spacial score (nSPS) is 17.3. The number of carboxylic acid groups (broad SMARTS) is 1. The summed E-state index contributed by atoms with van der Waals surface area (Å²) in [5.74, 6) is 0.557. The number of ether oxygens (including phenoxy) is 1. The fourth-order valence-electron chi connectivity index (χ4n) is 4.62. The Balaban J connectivity index is 1.33. The number of carbonyl (C=O) groups is 2. The van der Waals surface area contributed by atoms with Crippen molar-refractivity contribution in [3.8, 4) is 5.75 Å². The van der Waals surface area contributed by atoms with E-state index < -0.39 is 6.09 Å². The van der Waals surface area contributed by atoms with Crippen LogP contribution in [0.15, 0.2) is 36.4 Å². The molecule has 0 radical (unpaired) electrons. The van der Waals surface area contributed by atoms with Crippen molar-refractivity contribution in [3.05, 3.63) is 57.6 Å². The molecule has 188 valence electrons. The Morgan fingerprint density at radius 1 is 1.00 bits per heavy atom. The van der Waals surface area contributed by atoms with Crippen molar-refractivity contribution in [2.24, 2.45) is 0 Å². The third kappa shape index (κ3) is 6.31. The Morgan fingerprint density at radius 3 is 2.34 bits per heavy atom. The lowest BCUT2D eigenvalue weighted by Gasteiger charge is -2.35. The molecule has 2 aliphatic heterocycles. The summed E-state index contributed by atoms with van der Waals surface area (Å²) in [4.78, 5) is 30.1. The SMILES string of the molecule is COc1ccc(C(=O)NC2CCN(Cc3ccc(Cl)c(Cl)c3)CC2)cc1N1CCN(C(=O)O)CC1. The number of hydrogen-bond acceptors (Lipinski definition) is 5. The van der Waals surface area contributed by atoms with Gasteiger partial charge >= 0.3 is 6.09 Å². The molecule has 0 spiro atoms. The number of nitrogens with one attached hydrogen (secondary N) is 1. The van der Waals surface area contributed by atoms with Gasteiger partial charge in [-0.15, -0.1) is 0 Å². The van der Waals surface area contributed by atoms with Crippen molar-refractivity contribution in [2.75, 3.05) is 51.3 Å². The third-order valence-electron chi connectivity index (χ3n) is 6.64. The monoisotopic (exact) mass is 520 g/mol. The molecule has 35 heavy (non-hydrogen) atoms. The molecule has 10 heteroatoms. The second-order valence-electron chi connectivity index (χ2n) is 8.92. The maximum absolute atomic E-state index is 13.0. The predicted molar refractivity (Wildman–Crippen MR) is 137 cm³/mol. The lowest BCUT2D eigenvalue weighted by atomic mass is 10.0. The van der Waals surface area contributed by atoms with Crippen LogP contribution in [0.5, 0.6) is 5.75 Å².